The van der Waals surface area contributed by atoms with Gasteiger partial charge in [0, 0.05) is 11.8 Å². The molecule has 0 aliphatic carbocycles. The zero-order valence-electron chi connectivity index (χ0n) is 11.6. The number of aryl methyl sites for hydroxylation is 1. The Morgan fingerprint density at radius 1 is 1.40 bits per heavy atom. The van der Waals surface area contributed by atoms with E-state index in [-0.39, 0.29) is 5.91 Å². The number of hydrogen-bond donors (Lipinski definition) is 1. The number of aromatic nitrogens is 2. The van der Waals surface area contributed by atoms with Gasteiger partial charge in [-0.1, -0.05) is 18.5 Å². The van der Waals surface area contributed by atoms with Crippen molar-refractivity contribution in [1.29, 1.82) is 0 Å². The maximum absolute atomic E-state index is 11.9. The monoisotopic (exact) mass is 290 g/mol. The van der Waals surface area contributed by atoms with Crippen molar-refractivity contribution in [3.05, 3.63) is 34.6 Å². The Balaban J connectivity index is 2.28. The van der Waals surface area contributed by atoms with Crippen LogP contribution in [0.4, 0.5) is 0 Å². The van der Waals surface area contributed by atoms with Crippen LogP contribution in [0.5, 0.6) is 0 Å². The summed E-state index contributed by atoms with van der Waals surface area (Å²) in [6, 6.07) is 3.73. The van der Waals surface area contributed by atoms with Gasteiger partial charge in [-0.15, -0.1) is 0 Å². The summed E-state index contributed by atoms with van der Waals surface area (Å²) in [6.07, 6.45) is 2.52. The first-order valence-corrected chi connectivity index (χ1v) is 6.88. The minimum absolute atomic E-state index is 0.0946. The van der Waals surface area contributed by atoms with Crippen LogP contribution in [0.1, 0.15) is 32.0 Å². The summed E-state index contributed by atoms with van der Waals surface area (Å²) >= 11 is 6.00. The molecule has 1 aliphatic heterocycles. The van der Waals surface area contributed by atoms with Gasteiger partial charge < -0.3 is 0 Å². The molecule has 0 unspecified atom stereocenters. The molecule has 1 aliphatic rings. The number of carbonyl (C=O) groups is 1. The SMILES string of the molecule is CCc1nn2cc(Cl)ccc2c1C1=NNC(=O)C1(C)C. The van der Waals surface area contributed by atoms with E-state index in [1.165, 1.54) is 0 Å². The van der Waals surface area contributed by atoms with Crippen molar-refractivity contribution in [2.45, 2.75) is 27.2 Å². The number of fused-ring (bicyclic) bond motifs is 1. The molecule has 0 saturated carbocycles. The summed E-state index contributed by atoms with van der Waals surface area (Å²) in [5.41, 5.74) is 5.38. The van der Waals surface area contributed by atoms with Crippen molar-refractivity contribution >= 4 is 28.7 Å². The van der Waals surface area contributed by atoms with Gasteiger partial charge in [0.25, 0.3) is 5.91 Å². The molecule has 0 radical (unpaired) electrons. The molecule has 1 amide bonds. The van der Waals surface area contributed by atoms with Crippen molar-refractivity contribution in [3.63, 3.8) is 0 Å². The minimum Gasteiger partial charge on any atom is -0.272 e. The largest absolute Gasteiger partial charge is 0.272 e. The van der Waals surface area contributed by atoms with Crippen LogP contribution in [-0.4, -0.2) is 21.2 Å². The number of halogens is 1. The molecule has 2 aromatic rings. The van der Waals surface area contributed by atoms with E-state index < -0.39 is 5.41 Å². The zero-order chi connectivity index (χ0) is 14.5. The second-order valence-electron chi connectivity index (χ2n) is 5.38. The summed E-state index contributed by atoms with van der Waals surface area (Å²) in [5.74, 6) is -0.0946. The Kier molecular flexibility index (Phi) is 2.83. The van der Waals surface area contributed by atoms with Crippen molar-refractivity contribution in [2.75, 3.05) is 0 Å². The third-order valence-electron chi connectivity index (χ3n) is 3.67. The lowest BCUT2D eigenvalue weighted by molar-refractivity contribution is -0.125. The Labute approximate surface area is 121 Å². The van der Waals surface area contributed by atoms with Crippen LogP contribution in [-0.2, 0) is 11.2 Å². The molecule has 3 heterocycles. The molecule has 1 N–H and O–H groups in total. The van der Waals surface area contributed by atoms with E-state index in [4.69, 9.17) is 11.6 Å². The minimum atomic E-state index is -0.660. The summed E-state index contributed by atoms with van der Waals surface area (Å²) in [4.78, 5) is 11.9. The average molecular weight is 291 g/mol. The Bertz CT molecular complexity index is 745. The van der Waals surface area contributed by atoms with E-state index >= 15 is 0 Å². The fraction of sp³-hybridized carbons (Fsp3) is 0.357. The third-order valence-corrected chi connectivity index (χ3v) is 3.89. The van der Waals surface area contributed by atoms with Crippen LogP contribution in [0.15, 0.2) is 23.4 Å². The zero-order valence-corrected chi connectivity index (χ0v) is 12.3. The number of rotatable bonds is 2. The standard InChI is InChI=1S/C14H15ClN4O/c1-4-9-11(12-14(2,3)13(20)17-16-12)10-6-5-8(15)7-19(10)18-9/h5-7H,4H2,1-3H3,(H,17,20). The third kappa shape index (κ3) is 1.73. The highest BCUT2D eigenvalue weighted by atomic mass is 35.5. The molecule has 104 valence electrons. The topological polar surface area (TPSA) is 58.8 Å². The van der Waals surface area contributed by atoms with E-state index in [1.54, 1.807) is 10.7 Å². The number of hydrogen-bond acceptors (Lipinski definition) is 3. The smallest absolute Gasteiger partial charge is 0.251 e. The lowest BCUT2D eigenvalue weighted by Crippen LogP contribution is -2.32. The van der Waals surface area contributed by atoms with Crippen LogP contribution >= 0.6 is 11.6 Å². The average Bonchev–Trinajstić information content (AvgIpc) is 2.87. The van der Waals surface area contributed by atoms with Gasteiger partial charge in [0.05, 0.1) is 27.4 Å². The number of amides is 1. The lowest BCUT2D eigenvalue weighted by atomic mass is 9.83. The van der Waals surface area contributed by atoms with Crippen molar-refractivity contribution in [1.82, 2.24) is 15.0 Å². The number of carbonyl (C=O) groups excluding carboxylic acids is 1. The maximum Gasteiger partial charge on any atom is 0.251 e. The van der Waals surface area contributed by atoms with Gasteiger partial charge in [-0.2, -0.15) is 10.2 Å². The maximum atomic E-state index is 11.9. The molecule has 0 bridgehead atoms. The predicted molar refractivity (Wildman–Crippen MR) is 78.0 cm³/mol. The molecule has 0 fully saturated rings. The molecule has 3 rings (SSSR count). The molecule has 0 aromatic carbocycles. The fourth-order valence-corrected chi connectivity index (χ4v) is 2.60. The molecule has 2 aromatic heterocycles. The van der Waals surface area contributed by atoms with Crippen molar-refractivity contribution in [3.8, 4) is 0 Å². The predicted octanol–water partition coefficient (Wildman–Crippen LogP) is 2.41. The van der Waals surface area contributed by atoms with Gasteiger partial charge in [-0.25, -0.2) is 9.94 Å². The second kappa shape index (κ2) is 4.31. The Morgan fingerprint density at radius 2 is 2.15 bits per heavy atom. The Morgan fingerprint density at radius 3 is 2.75 bits per heavy atom. The number of nitrogens with zero attached hydrogens (tertiary/aromatic N) is 3. The highest BCUT2D eigenvalue weighted by molar-refractivity contribution is 6.30. The summed E-state index contributed by atoms with van der Waals surface area (Å²) in [6.45, 7) is 5.77. The molecule has 0 spiro atoms. The molecule has 5 nitrogen and oxygen atoms in total. The van der Waals surface area contributed by atoms with Crippen LogP contribution in [0.2, 0.25) is 5.02 Å². The van der Waals surface area contributed by atoms with E-state index in [2.05, 4.69) is 15.6 Å². The van der Waals surface area contributed by atoms with E-state index in [1.807, 2.05) is 32.9 Å². The van der Waals surface area contributed by atoms with Gasteiger partial charge in [-0.3, -0.25) is 4.79 Å². The first-order valence-electron chi connectivity index (χ1n) is 6.51. The van der Waals surface area contributed by atoms with Crippen LogP contribution < -0.4 is 5.43 Å². The highest BCUT2D eigenvalue weighted by Crippen LogP contribution is 2.31. The van der Waals surface area contributed by atoms with Crippen molar-refractivity contribution in [2.24, 2.45) is 10.5 Å². The molecule has 6 heteroatoms. The van der Waals surface area contributed by atoms with E-state index in [0.29, 0.717) is 5.02 Å². The van der Waals surface area contributed by atoms with Gasteiger partial charge in [-0.05, 0) is 32.4 Å². The summed E-state index contributed by atoms with van der Waals surface area (Å²) < 4.78 is 1.75. The van der Waals surface area contributed by atoms with E-state index in [0.717, 1.165) is 28.9 Å². The number of hydrazone groups is 1. The molecule has 0 atom stereocenters. The number of nitrogens with one attached hydrogen (secondary N) is 1. The van der Waals surface area contributed by atoms with Crippen LogP contribution in [0.25, 0.3) is 5.52 Å². The van der Waals surface area contributed by atoms with Gasteiger partial charge in [0.15, 0.2) is 0 Å². The quantitative estimate of drug-likeness (QED) is 0.923. The molecule has 0 saturated heterocycles. The van der Waals surface area contributed by atoms with Gasteiger partial charge in [0.1, 0.15) is 0 Å². The van der Waals surface area contributed by atoms with Crippen LogP contribution in [0.3, 0.4) is 0 Å². The van der Waals surface area contributed by atoms with Crippen molar-refractivity contribution < 1.29 is 4.79 Å². The van der Waals surface area contributed by atoms with E-state index in [9.17, 15) is 4.79 Å². The Hall–Kier alpha value is -1.88. The van der Waals surface area contributed by atoms with Gasteiger partial charge in [0.2, 0.25) is 0 Å². The first-order chi connectivity index (χ1) is 9.45. The normalized spacial score (nSPS) is 17.4. The van der Waals surface area contributed by atoms with Crippen LogP contribution in [0, 0.1) is 5.41 Å². The van der Waals surface area contributed by atoms with Gasteiger partial charge >= 0.3 is 0 Å². The fourth-order valence-electron chi connectivity index (χ4n) is 2.44. The summed E-state index contributed by atoms with van der Waals surface area (Å²) in [5, 5.41) is 9.38. The second-order valence-corrected chi connectivity index (χ2v) is 5.82. The first kappa shape index (κ1) is 13.1. The number of pyridine rings is 1. The molecular weight excluding hydrogens is 276 g/mol. The highest BCUT2D eigenvalue weighted by Gasteiger charge is 2.41. The lowest BCUT2D eigenvalue weighted by Gasteiger charge is -2.16. The summed E-state index contributed by atoms with van der Waals surface area (Å²) in [7, 11) is 0. The molecule has 20 heavy (non-hydrogen) atoms. The molecular formula is C14H15ClN4O.